The zero-order valence-corrected chi connectivity index (χ0v) is 11.5. The van der Waals surface area contributed by atoms with Gasteiger partial charge >= 0.3 is 5.97 Å². The lowest BCUT2D eigenvalue weighted by Gasteiger charge is -2.27. The van der Waals surface area contributed by atoms with Crippen molar-refractivity contribution in [2.75, 3.05) is 12.4 Å². The van der Waals surface area contributed by atoms with Crippen molar-refractivity contribution < 1.29 is 14.6 Å². The van der Waals surface area contributed by atoms with Gasteiger partial charge in [-0.15, -0.1) is 0 Å². The van der Waals surface area contributed by atoms with E-state index in [0.29, 0.717) is 11.6 Å². The molecule has 0 aliphatic heterocycles. The maximum Gasteiger partial charge on any atom is 0.337 e. The van der Waals surface area contributed by atoms with Crippen LogP contribution in [0.5, 0.6) is 0 Å². The second-order valence-electron chi connectivity index (χ2n) is 5.17. The summed E-state index contributed by atoms with van der Waals surface area (Å²) in [6.07, 6.45) is 3.55. The van der Waals surface area contributed by atoms with E-state index in [1.807, 2.05) is 19.1 Å². The molecule has 1 aromatic rings. The summed E-state index contributed by atoms with van der Waals surface area (Å²) >= 11 is 0. The maximum absolute atomic E-state index is 11.4. The van der Waals surface area contributed by atoms with Gasteiger partial charge in [0.2, 0.25) is 0 Å². The maximum atomic E-state index is 11.4. The molecule has 0 bridgehead atoms. The first-order valence-corrected chi connectivity index (χ1v) is 6.73. The summed E-state index contributed by atoms with van der Waals surface area (Å²) in [5, 5.41) is 13.0. The second-order valence-corrected chi connectivity index (χ2v) is 5.17. The summed E-state index contributed by atoms with van der Waals surface area (Å²) in [6, 6.07) is 5.95. The van der Waals surface area contributed by atoms with Crippen LogP contribution in [0, 0.1) is 6.92 Å². The topological polar surface area (TPSA) is 58.6 Å². The number of aryl methyl sites for hydroxylation is 1. The number of aliphatic hydroxyl groups is 1. The Hall–Kier alpha value is -1.55. The van der Waals surface area contributed by atoms with E-state index in [9.17, 15) is 9.90 Å². The third-order valence-electron chi connectivity index (χ3n) is 3.70. The molecule has 0 spiro atoms. The van der Waals surface area contributed by atoms with Gasteiger partial charge in [-0.3, -0.25) is 0 Å². The molecule has 0 aromatic heterocycles. The number of aliphatic hydroxyl groups excluding tert-OH is 1. The third kappa shape index (κ3) is 3.47. The average molecular weight is 263 g/mol. The van der Waals surface area contributed by atoms with Crippen molar-refractivity contribution in [2.45, 2.75) is 44.8 Å². The Morgan fingerprint density at radius 2 is 2.00 bits per heavy atom. The van der Waals surface area contributed by atoms with Crippen molar-refractivity contribution in [1.82, 2.24) is 0 Å². The largest absolute Gasteiger partial charge is 0.465 e. The minimum atomic E-state index is -0.310. The van der Waals surface area contributed by atoms with Gasteiger partial charge in [-0.2, -0.15) is 0 Å². The van der Waals surface area contributed by atoms with Gasteiger partial charge in [0.1, 0.15) is 0 Å². The van der Waals surface area contributed by atoms with Crippen LogP contribution in [-0.2, 0) is 4.74 Å². The molecule has 1 fully saturated rings. The lowest BCUT2D eigenvalue weighted by Crippen LogP contribution is -2.28. The van der Waals surface area contributed by atoms with E-state index in [2.05, 4.69) is 5.32 Å². The van der Waals surface area contributed by atoms with E-state index >= 15 is 0 Å². The van der Waals surface area contributed by atoms with Gasteiger partial charge in [0.15, 0.2) is 0 Å². The smallest absolute Gasteiger partial charge is 0.337 e. The monoisotopic (exact) mass is 263 g/mol. The number of esters is 1. The fraction of sp³-hybridized carbons (Fsp3) is 0.533. The van der Waals surface area contributed by atoms with Crippen molar-refractivity contribution >= 4 is 11.7 Å². The number of anilines is 1. The molecule has 19 heavy (non-hydrogen) atoms. The van der Waals surface area contributed by atoms with Gasteiger partial charge in [0, 0.05) is 11.7 Å². The number of methoxy groups -OCH3 is 1. The van der Waals surface area contributed by atoms with E-state index in [0.717, 1.165) is 36.9 Å². The summed E-state index contributed by atoms with van der Waals surface area (Å²) in [4.78, 5) is 11.4. The van der Waals surface area contributed by atoms with Crippen LogP contribution < -0.4 is 5.32 Å². The minimum Gasteiger partial charge on any atom is -0.465 e. The van der Waals surface area contributed by atoms with Crippen LogP contribution in [0.15, 0.2) is 18.2 Å². The van der Waals surface area contributed by atoms with Crippen LogP contribution in [0.4, 0.5) is 5.69 Å². The molecule has 0 saturated heterocycles. The Morgan fingerprint density at radius 3 is 2.58 bits per heavy atom. The van der Waals surface area contributed by atoms with Crippen LogP contribution in [-0.4, -0.2) is 30.3 Å². The summed E-state index contributed by atoms with van der Waals surface area (Å²) in [6.45, 7) is 1.98. The molecule has 0 heterocycles. The molecule has 4 heteroatoms. The molecule has 104 valence electrons. The van der Waals surface area contributed by atoms with Gasteiger partial charge in [-0.1, -0.05) is 0 Å². The Labute approximate surface area is 113 Å². The molecule has 0 unspecified atom stereocenters. The molecule has 2 N–H and O–H groups in total. The zero-order valence-electron chi connectivity index (χ0n) is 11.5. The van der Waals surface area contributed by atoms with Gasteiger partial charge in [0.05, 0.1) is 18.8 Å². The minimum absolute atomic E-state index is 0.138. The molecule has 0 radical (unpaired) electrons. The Balaban J connectivity index is 2.03. The van der Waals surface area contributed by atoms with E-state index in [1.54, 1.807) is 6.07 Å². The van der Waals surface area contributed by atoms with Crippen LogP contribution in [0.25, 0.3) is 0 Å². The van der Waals surface area contributed by atoms with Gasteiger partial charge in [-0.25, -0.2) is 4.79 Å². The second kappa shape index (κ2) is 6.06. The normalized spacial score (nSPS) is 22.9. The van der Waals surface area contributed by atoms with Crippen LogP contribution in [0.3, 0.4) is 0 Å². The number of rotatable bonds is 3. The average Bonchev–Trinajstić information content (AvgIpc) is 2.42. The van der Waals surface area contributed by atoms with Gasteiger partial charge in [-0.05, 0) is 56.4 Å². The first kappa shape index (κ1) is 13.9. The number of carbonyl (C=O) groups is 1. The number of hydrogen-bond donors (Lipinski definition) is 2. The molecule has 2 rings (SSSR count). The Kier molecular flexibility index (Phi) is 4.43. The summed E-state index contributed by atoms with van der Waals surface area (Å²) in [5.41, 5.74) is 2.66. The van der Waals surface area contributed by atoms with Crippen molar-refractivity contribution in [3.8, 4) is 0 Å². The standard InChI is InChI=1S/C15H21NO3/c1-10-9-11(15(18)19-2)3-8-14(10)16-12-4-6-13(17)7-5-12/h3,8-9,12-13,16-17H,4-7H2,1-2H3. The van der Waals surface area contributed by atoms with E-state index in [1.165, 1.54) is 7.11 Å². The summed E-state index contributed by atoms with van der Waals surface area (Å²) in [7, 11) is 1.39. The molecule has 4 nitrogen and oxygen atoms in total. The molecule has 1 saturated carbocycles. The van der Waals surface area contributed by atoms with E-state index in [4.69, 9.17) is 4.74 Å². The summed E-state index contributed by atoms with van der Waals surface area (Å²) in [5.74, 6) is -0.310. The highest BCUT2D eigenvalue weighted by atomic mass is 16.5. The van der Waals surface area contributed by atoms with Gasteiger partial charge in [0.25, 0.3) is 0 Å². The summed E-state index contributed by atoms with van der Waals surface area (Å²) < 4.78 is 4.71. The highest BCUT2D eigenvalue weighted by molar-refractivity contribution is 5.90. The number of ether oxygens (including phenoxy) is 1. The number of hydrogen-bond acceptors (Lipinski definition) is 4. The first-order chi connectivity index (χ1) is 9.10. The van der Waals surface area contributed by atoms with Crippen molar-refractivity contribution in [2.24, 2.45) is 0 Å². The predicted octanol–water partition coefficient (Wildman–Crippen LogP) is 2.50. The molecule has 1 aliphatic rings. The van der Waals surface area contributed by atoms with Crippen LogP contribution >= 0.6 is 0 Å². The highest BCUT2D eigenvalue weighted by Crippen LogP contribution is 2.24. The highest BCUT2D eigenvalue weighted by Gasteiger charge is 2.19. The molecule has 1 aromatic carbocycles. The molecular weight excluding hydrogens is 242 g/mol. The van der Waals surface area contributed by atoms with Crippen molar-refractivity contribution in [3.05, 3.63) is 29.3 Å². The van der Waals surface area contributed by atoms with Crippen molar-refractivity contribution in [1.29, 1.82) is 0 Å². The number of nitrogens with one attached hydrogen (secondary N) is 1. The lowest BCUT2D eigenvalue weighted by molar-refractivity contribution is 0.0600. The molecule has 1 aliphatic carbocycles. The molecule has 0 amide bonds. The Morgan fingerprint density at radius 1 is 1.32 bits per heavy atom. The fourth-order valence-corrected chi connectivity index (χ4v) is 2.51. The fourth-order valence-electron chi connectivity index (χ4n) is 2.51. The lowest BCUT2D eigenvalue weighted by atomic mass is 9.92. The third-order valence-corrected chi connectivity index (χ3v) is 3.70. The SMILES string of the molecule is COC(=O)c1ccc(NC2CCC(O)CC2)c(C)c1. The first-order valence-electron chi connectivity index (χ1n) is 6.73. The number of benzene rings is 1. The number of carbonyl (C=O) groups excluding carboxylic acids is 1. The van der Waals surface area contributed by atoms with Gasteiger partial charge < -0.3 is 15.2 Å². The quantitative estimate of drug-likeness (QED) is 0.823. The zero-order chi connectivity index (χ0) is 13.8. The Bertz CT molecular complexity index is 451. The van der Waals surface area contributed by atoms with Crippen LogP contribution in [0.1, 0.15) is 41.6 Å². The van der Waals surface area contributed by atoms with Crippen LogP contribution in [0.2, 0.25) is 0 Å². The molecule has 0 atom stereocenters. The van der Waals surface area contributed by atoms with Crippen molar-refractivity contribution in [3.63, 3.8) is 0 Å². The predicted molar refractivity (Wildman–Crippen MR) is 74.4 cm³/mol. The van der Waals surface area contributed by atoms with E-state index < -0.39 is 0 Å². The molecular formula is C15H21NO3. The van der Waals surface area contributed by atoms with E-state index in [-0.39, 0.29) is 12.1 Å².